The second kappa shape index (κ2) is 6.48. The van der Waals surface area contributed by atoms with Crippen LogP contribution in [0.1, 0.15) is 27.2 Å². The fraction of sp³-hybridized carbons (Fsp3) is 0.667. The lowest BCUT2D eigenvalue weighted by Crippen LogP contribution is -2.08. The summed E-state index contributed by atoms with van der Waals surface area (Å²) in [7, 11) is 1.29. The van der Waals surface area contributed by atoms with Gasteiger partial charge in [-0.15, -0.1) is 0 Å². The number of carbonyl (C=O) groups excluding carboxylic acids is 1. The first kappa shape index (κ1) is 12.0. The zero-order valence-corrected chi connectivity index (χ0v) is 8.55. The molecule has 0 bridgehead atoms. The van der Waals surface area contributed by atoms with Crippen LogP contribution in [0.25, 0.3) is 0 Å². The van der Waals surface area contributed by atoms with Crippen molar-refractivity contribution in [2.75, 3.05) is 13.7 Å². The van der Waals surface area contributed by atoms with Gasteiger partial charge >= 0.3 is 5.97 Å². The van der Waals surface area contributed by atoms with Crippen LogP contribution >= 0.6 is 0 Å². The van der Waals surface area contributed by atoms with Crippen LogP contribution in [0.4, 0.5) is 0 Å². The van der Waals surface area contributed by atoms with Gasteiger partial charge in [0.1, 0.15) is 5.76 Å². The molecule has 0 aliphatic carbocycles. The first-order valence-corrected chi connectivity index (χ1v) is 4.24. The van der Waals surface area contributed by atoms with Gasteiger partial charge in [0.2, 0.25) is 0 Å². The van der Waals surface area contributed by atoms with E-state index in [0.29, 0.717) is 24.4 Å². The Labute approximate surface area is 78.4 Å². The lowest BCUT2D eigenvalue weighted by atomic mass is 10.2. The minimum atomic E-state index is -0.507. The van der Waals surface area contributed by atoms with Crippen LogP contribution in [0.2, 0.25) is 0 Å². The summed E-state index contributed by atoms with van der Waals surface area (Å²) in [5, 5.41) is 0. The fourth-order valence-corrected chi connectivity index (χ4v) is 0.902. The zero-order chi connectivity index (χ0) is 10.3. The first-order chi connectivity index (χ1) is 6.17. The molecule has 0 aromatic heterocycles. The molecule has 0 aromatic rings. The van der Waals surface area contributed by atoms with Crippen LogP contribution in [0.5, 0.6) is 0 Å². The highest BCUT2D eigenvalue weighted by Crippen LogP contribution is 2.11. The van der Waals surface area contributed by atoms with Crippen molar-refractivity contribution in [3.8, 4) is 0 Å². The molecule has 0 atom stereocenters. The molecule has 0 N–H and O–H groups in total. The van der Waals surface area contributed by atoms with E-state index in [1.54, 1.807) is 6.92 Å². The molecule has 0 unspecified atom stereocenters. The molecule has 0 heterocycles. The van der Waals surface area contributed by atoms with Crippen LogP contribution < -0.4 is 0 Å². The predicted molar refractivity (Wildman–Crippen MR) is 47.7 cm³/mol. The Bertz CT molecular complexity index is 196. The van der Waals surface area contributed by atoms with E-state index in [2.05, 4.69) is 9.78 Å². The van der Waals surface area contributed by atoms with Crippen molar-refractivity contribution in [1.29, 1.82) is 0 Å². The van der Waals surface area contributed by atoms with Crippen LogP contribution in [-0.4, -0.2) is 19.7 Å². The molecule has 76 valence electrons. The van der Waals surface area contributed by atoms with Crippen molar-refractivity contribution in [3.63, 3.8) is 0 Å². The Morgan fingerprint density at radius 2 is 1.92 bits per heavy atom. The van der Waals surface area contributed by atoms with Crippen LogP contribution in [-0.2, 0) is 19.3 Å². The maximum Gasteiger partial charge on any atom is 0.372 e. The molecule has 0 amide bonds. The molecule has 0 aliphatic rings. The Balaban J connectivity index is 4.43. The summed E-state index contributed by atoms with van der Waals surface area (Å²) in [6.45, 7) is 5.97. The first-order valence-electron chi connectivity index (χ1n) is 4.24. The van der Waals surface area contributed by atoms with E-state index in [1.165, 1.54) is 7.11 Å². The summed E-state index contributed by atoms with van der Waals surface area (Å²) < 4.78 is 5.24. The number of allylic oxidation sites excluding steroid dienone is 1. The Morgan fingerprint density at radius 1 is 1.31 bits per heavy atom. The van der Waals surface area contributed by atoms with Gasteiger partial charge in [0.15, 0.2) is 0 Å². The smallest absolute Gasteiger partial charge is 0.372 e. The third kappa shape index (κ3) is 3.94. The molecular weight excluding hydrogens is 172 g/mol. The van der Waals surface area contributed by atoms with Gasteiger partial charge in [-0.05, 0) is 13.8 Å². The molecule has 0 aliphatic heterocycles. The molecular formula is C9H16O4. The molecule has 0 rings (SSSR count). The lowest BCUT2D eigenvalue weighted by molar-refractivity contribution is -0.250. The average Bonchev–Trinajstić information content (AvgIpc) is 2.13. The highest BCUT2D eigenvalue weighted by atomic mass is 17.2. The molecule has 4 nitrogen and oxygen atoms in total. The SMILES string of the molecule is CCO/C(CC)=C(\C)C(=O)OOC. The van der Waals surface area contributed by atoms with Gasteiger partial charge in [-0.25, -0.2) is 4.79 Å². The summed E-state index contributed by atoms with van der Waals surface area (Å²) in [6.07, 6.45) is 0.665. The van der Waals surface area contributed by atoms with Crippen molar-refractivity contribution < 1.29 is 19.3 Å². The van der Waals surface area contributed by atoms with Crippen molar-refractivity contribution >= 4 is 5.97 Å². The summed E-state index contributed by atoms with van der Waals surface area (Å²) in [5.41, 5.74) is 0.450. The highest BCUT2D eigenvalue weighted by molar-refractivity contribution is 5.87. The van der Waals surface area contributed by atoms with Crippen LogP contribution in [0.15, 0.2) is 11.3 Å². The van der Waals surface area contributed by atoms with E-state index < -0.39 is 5.97 Å². The predicted octanol–water partition coefficient (Wildman–Crippen LogP) is 1.81. The molecule has 0 spiro atoms. The normalized spacial score (nSPS) is 12.0. The molecule has 13 heavy (non-hydrogen) atoms. The number of hydrogen-bond donors (Lipinski definition) is 0. The van der Waals surface area contributed by atoms with Gasteiger partial charge in [0, 0.05) is 6.42 Å². The van der Waals surface area contributed by atoms with Crippen molar-refractivity contribution in [2.45, 2.75) is 27.2 Å². The van der Waals surface area contributed by atoms with Gasteiger partial charge in [0.05, 0.1) is 19.3 Å². The maximum atomic E-state index is 11.1. The third-order valence-corrected chi connectivity index (χ3v) is 1.52. The van der Waals surface area contributed by atoms with E-state index in [4.69, 9.17) is 4.74 Å². The summed E-state index contributed by atoms with van der Waals surface area (Å²) in [4.78, 5) is 19.7. The van der Waals surface area contributed by atoms with E-state index in [-0.39, 0.29) is 0 Å². The third-order valence-electron chi connectivity index (χ3n) is 1.52. The molecule has 0 saturated carbocycles. The second-order valence-electron chi connectivity index (χ2n) is 2.37. The molecule has 0 aromatic carbocycles. The Kier molecular flexibility index (Phi) is 5.97. The number of rotatable bonds is 5. The maximum absolute atomic E-state index is 11.1. The van der Waals surface area contributed by atoms with Gasteiger partial charge in [-0.1, -0.05) is 6.92 Å². The van der Waals surface area contributed by atoms with E-state index in [0.717, 1.165) is 0 Å². The van der Waals surface area contributed by atoms with Crippen molar-refractivity contribution in [2.24, 2.45) is 0 Å². The largest absolute Gasteiger partial charge is 0.498 e. The highest BCUT2D eigenvalue weighted by Gasteiger charge is 2.12. The molecule has 0 radical (unpaired) electrons. The topological polar surface area (TPSA) is 44.8 Å². The fourth-order valence-electron chi connectivity index (χ4n) is 0.902. The molecule has 4 heteroatoms. The quantitative estimate of drug-likeness (QED) is 0.285. The monoisotopic (exact) mass is 188 g/mol. The zero-order valence-electron chi connectivity index (χ0n) is 8.55. The van der Waals surface area contributed by atoms with E-state index >= 15 is 0 Å². The number of hydrogen-bond acceptors (Lipinski definition) is 4. The lowest BCUT2D eigenvalue weighted by Gasteiger charge is -2.09. The molecule has 0 fully saturated rings. The van der Waals surface area contributed by atoms with E-state index in [1.807, 2.05) is 13.8 Å². The van der Waals surface area contributed by atoms with Gasteiger partial charge in [-0.2, -0.15) is 4.89 Å². The second-order valence-corrected chi connectivity index (χ2v) is 2.37. The van der Waals surface area contributed by atoms with Gasteiger partial charge in [-0.3, -0.25) is 4.89 Å². The summed E-state index contributed by atoms with van der Waals surface area (Å²) >= 11 is 0. The minimum absolute atomic E-state index is 0.450. The van der Waals surface area contributed by atoms with Gasteiger partial charge in [0.25, 0.3) is 0 Å². The average molecular weight is 188 g/mol. The van der Waals surface area contributed by atoms with Crippen molar-refractivity contribution in [1.82, 2.24) is 0 Å². The number of ether oxygens (including phenoxy) is 1. The van der Waals surface area contributed by atoms with E-state index in [9.17, 15) is 4.79 Å². The summed E-state index contributed by atoms with van der Waals surface area (Å²) in [5.74, 6) is 0.136. The Morgan fingerprint density at radius 3 is 2.31 bits per heavy atom. The Hall–Kier alpha value is -1.03. The molecule has 0 saturated heterocycles. The standard InChI is InChI=1S/C9H16O4/c1-5-8(12-6-2)7(3)9(10)13-11-4/h5-6H2,1-4H3/b8-7+. The van der Waals surface area contributed by atoms with Crippen LogP contribution in [0.3, 0.4) is 0 Å². The number of carbonyl (C=O) groups is 1. The van der Waals surface area contributed by atoms with Crippen molar-refractivity contribution in [3.05, 3.63) is 11.3 Å². The minimum Gasteiger partial charge on any atom is -0.498 e. The summed E-state index contributed by atoms with van der Waals surface area (Å²) in [6, 6.07) is 0. The van der Waals surface area contributed by atoms with Crippen LogP contribution in [0, 0.1) is 0 Å². The van der Waals surface area contributed by atoms with Gasteiger partial charge < -0.3 is 4.74 Å².